The van der Waals surface area contributed by atoms with Crippen molar-refractivity contribution in [1.82, 2.24) is 15.1 Å². The van der Waals surface area contributed by atoms with Crippen molar-refractivity contribution >= 4 is 5.91 Å². The maximum Gasteiger partial charge on any atom is 0.267 e. The van der Waals surface area contributed by atoms with E-state index < -0.39 is 5.54 Å². The molecule has 3 aromatic rings. The summed E-state index contributed by atoms with van der Waals surface area (Å²) in [5, 5.41) is 7.39. The summed E-state index contributed by atoms with van der Waals surface area (Å²) in [5.41, 5.74) is 0.702. The molecule has 0 saturated heterocycles. The predicted molar refractivity (Wildman–Crippen MR) is 126 cm³/mol. The van der Waals surface area contributed by atoms with Gasteiger partial charge in [0.05, 0.1) is 19.9 Å². The smallest absolute Gasteiger partial charge is 0.267 e. The molecule has 0 aliphatic carbocycles. The molecule has 34 heavy (non-hydrogen) atoms. The van der Waals surface area contributed by atoms with Crippen LogP contribution in [0.1, 0.15) is 19.4 Å². The largest absolute Gasteiger partial charge is 0.493 e. The maximum atomic E-state index is 13.0. The number of ether oxygens (including phenoxy) is 4. The molecule has 0 spiro atoms. The molecule has 1 aliphatic rings. The van der Waals surface area contributed by atoms with Gasteiger partial charge in [-0.15, -0.1) is 0 Å². The molecular weight excluding hydrogens is 438 g/mol. The Labute approximate surface area is 197 Å². The minimum Gasteiger partial charge on any atom is -0.493 e. The number of fused-ring (bicyclic) bond motifs is 1. The molecule has 1 aromatic heterocycles. The van der Waals surface area contributed by atoms with E-state index in [1.165, 1.54) is 10.7 Å². The molecule has 0 saturated carbocycles. The Kier molecular flexibility index (Phi) is 6.45. The van der Waals surface area contributed by atoms with Crippen LogP contribution in [-0.2, 0) is 16.8 Å². The van der Waals surface area contributed by atoms with Gasteiger partial charge in [0, 0.05) is 18.2 Å². The van der Waals surface area contributed by atoms with Crippen LogP contribution in [0.5, 0.6) is 23.0 Å². The molecule has 1 amide bonds. The van der Waals surface area contributed by atoms with Crippen LogP contribution in [0.25, 0.3) is 11.3 Å². The molecule has 0 atom stereocenters. The standard InChI is InChI=1S/C25H27N3O6/c1-25(2,24(30)26-12-11-16-5-8-19(31-3)21(13-16)32-4)28-23(29)10-7-18(27-28)17-6-9-20-22(14-17)34-15-33-20/h5-10,13-14H,11-12,15H2,1-4H3,(H,26,30). The number of nitrogens with zero attached hydrogens (tertiary/aromatic N) is 2. The minimum absolute atomic E-state index is 0.169. The Balaban J connectivity index is 1.48. The lowest BCUT2D eigenvalue weighted by Crippen LogP contribution is -2.50. The summed E-state index contributed by atoms with van der Waals surface area (Å²) < 4.78 is 22.6. The van der Waals surface area contributed by atoms with Gasteiger partial charge in [0.1, 0.15) is 5.54 Å². The highest BCUT2D eigenvalue weighted by Crippen LogP contribution is 2.35. The zero-order valence-electron chi connectivity index (χ0n) is 19.6. The first-order valence-electron chi connectivity index (χ1n) is 10.8. The molecule has 9 nitrogen and oxygen atoms in total. The Morgan fingerprint density at radius 3 is 2.56 bits per heavy atom. The molecule has 0 fully saturated rings. The molecule has 0 radical (unpaired) electrons. The van der Waals surface area contributed by atoms with Crippen LogP contribution in [0.4, 0.5) is 0 Å². The van der Waals surface area contributed by atoms with Gasteiger partial charge >= 0.3 is 0 Å². The summed E-state index contributed by atoms with van der Waals surface area (Å²) in [4.78, 5) is 25.7. The third-order valence-corrected chi connectivity index (χ3v) is 5.70. The number of benzene rings is 2. The van der Waals surface area contributed by atoms with E-state index in [1.807, 2.05) is 24.3 Å². The lowest BCUT2D eigenvalue weighted by molar-refractivity contribution is -0.128. The van der Waals surface area contributed by atoms with Crippen LogP contribution in [0, 0.1) is 0 Å². The molecule has 9 heteroatoms. The Bertz CT molecular complexity index is 1270. The van der Waals surface area contributed by atoms with Gasteiger partial charge < -0.3 is 24.3 Å². The normalized spacial score (nSPS) is 12.4. The summed E-state index contributed by atoms with van der Waals surface area (Å²) in [7, 11) is 3.16. The zero-order valence-corrected chi connectivity index (χ0v) is 19.6. The van der Waals surface area contributed by atoms with Crippen LogP contribution in [0.2, 0.25) is 0 Å². The second-order valence-corrected chi connectivity index (χ2v) is 8.29. The van der Waals surface area contributed by atoms with E-state index in [4.69, 9.17) is 18.9 Å². The van der Waals surface area contributed by atoms with E-state index in [9.17, 15) is 9.59 Å². The van der Waals surface area contributed by atoms with Gasteiger partial charge in [0.15, 0.2) is 23.0 Å². The number of carbonyl (C=O) groups excluding carboxylic acids is 1. The van der Waals surface area contributed by atoms with Crippen molar-refractivity contribution in [3.8, 4) is 34.3 Å². The molecule has 2 aromatic carbocycles. The lowest BCUT2D eigenvalue weighted by atomic mass is 10.0. The van der Waals surface area contributed by atoms with Crippen molar-refractivity contribution in [2.75, 3.05) is 27.6 Å². The third kappa shape index (κ3) is 4.54. The van der Waals surface area contributed by atoms with Crippen molar-refractivity contribution < 1.29 is 23.7 Å². The topological polar surface area (TPSA) is 101 Å². The van der Waals surface area contributed by atoms with Crippen LogP contribution in [-0.4, -0.2) is 43.2 Å². The second-order valence-electron chi connectivity index (χ2n) is 8.29. The van der Waals surface area contributed by atoms with E-state index in [2.05, 4.69) is 10.4 Å². The maximum absolute atomic E-state index is 13.0. The molecular formula is C25H27N3O6. The minimum atomic E-state index is -1.21. The van der Waals surface area contributed by atoms with Crippen molar-refractivity contribution in [2.24, 2.45) is 0 Å². The number of amides is 1. The van der Waals surface area contributed by atoms with Gasteiger partial charge in [-0.3, -0.25) is 9.59 Å². The molecule has 4 rings (SSSR count). The van der Waals surface area contributed by atoms with Crippen LogP contribution < -0.4 is 29.8 Å². The van der Waals surface area contributed by atoms with Crippen molar-refractivity contribution in [2.45, 2.75) is 25.8 Å². The average Bonchev–Trinajstić information content (AvgIpc) is 3.32. The van der Waals surface area contributed by atoms with Crippen LogP contribution in [0.3, 0.4) is 0 Å². The first-order chi connectivity index (χ1) is 16.3. The van der Waals surface area contributed by atoms with Gasteiger partial charge in [-0.05, 0) is 62.2 Å². The van der Waals surface area contributed by atoms with E-state index >= 15 is 0 Å². The first-order valence-corrected chi connectivity index (χ1v) is 10.8. The number of hydrogen-bond donors (Lipinski definition) is 1. The lowest BCUT2D eigenvalue weighted by Gasteiger charge is -2.25. The Morgan fingerprint density at radius 2 is 1.79 bits per heavy atom. The first kappa shape index (κ1) is 23.2. The highest BCUT2D eigenvalue weighted by atomic mass is 16.7. The zero-order chi connectivity index (χ0) is 24.3. The van der Waals surface area contributed by atoms with Crippen molar-refractivity contribution in [1.29, 1.82) is 0 Å². The number of hydrogen-bond acceptors (Lipinski definition) is 7. The average molecular weight is 466 g/mol. The summed E-state index contributed by atoms with van der Waals surface area (Å²) in [6, 6.07) is 14.1. The fourth-order valence-electron chi connectivity index (χ4n) is 3.69. The predicted octanol–water partition coefficient (Wildman–Crippen LogP) is 2.75. The van der Waals surface area contributed by atoms with Crippen LogP contribution >= 0.6 is 0 Å². The van der Waals surface area contributed by atoms with Crippen molar-refractivity contribution in [3.05, 3.63) is 64.4 Å². The van der Waals surface area contributed by atoms with E-state index in [0.717, 1.165) is 11.1 Å². The number of methoxy groups -OCH3 is 2. The number of aromatic nitrogens is 2. The van der Waals surface area contributed by atoms with Gasteiger partial charge in [-0.1, -0.05) is 6.07 Å². The van der Waals surface area contributed by atoms with Gasteiger partial charge in [-0.25, -0.2) is 4.68 Å². The number of carbonyl (C=O) groups is 1. The van der Waals surface area contributed by atoms with E-state index in [1.54, 1.807) is 46.3 Å². The Morgan fingerprint density at radius 1 is 1.03 bits per heavy atom. The third-order valence-electron chi connectivity index (χ3n) is 5.70. The van der Waals surface area contributed by atoms with Gasteiger partial charge in [0.25, 0.3) is 5.56 Å². The monoisotopic (exact) mass is 465 g/mol. The van der Waals surface area contributed by atoms with E-state index in [-0.39, 0.29) is 18.3 Å². The molecule has 2 heterocycles. The number of rotatable bonds is 8. The van der Waals surface area contributed by atoms with Crippen molar-refractivity contribution in [3.63, 3.8) is 0 Å². The summed E-state index contributed by atoms with van der Waals surface area (Å²) >= 11 is 0. The summed E-state index contributed by atoms with van der Waals surface area (Å²) in [6.45, 7) is 3.88. The molecule has 178 valence electrons. The fourth-order valence-corrected chi connectivity index (χ4v) is 3.69. The summed E-state index contributed by atoms with van der Waals surface area (Å²) in [5.74, 6) is 2.23. The molecule has 0 bridgehead atoms. The number of nitrogens with one attached hydrogen (secondary N) is 1. The van der Waals surface area contributed by atoms with Gasteiger partial charge in [-0.2, -0.15) is 5.10 Å². The van der Waals surface area contributed by atoms with E-state index in [0.29, 0.717) is 41.7 Å². The highest BCUT2D eigenvalue weighted by Gasteiger charge is 2.32. The van der Waals surface area contributed by atoms with Gasteiger partial charge in [0.2, 0.25) is 12.7 Å². The molecule has 0 unspecified atom stereocenters. The fraction of sp³-hybridized carbons (Fsp3) is 0.320. The van der Waals surface area contributed by atoms with Crippen LogP contribution in [0.15, 0.2) is 53.3 Å². The highest BCUT2D eigenvalue weighted by molar-refractivity contribution is 5.83. The quantitative estimate of drug-likeness (QED) is 0.546. The Hall–Kier alpha value is -4.01. The summed E-state index contributed by atoms with van der Waals surface area (Å²) in [6.07, 6.45) is 0.585. The molecule has 1 N–H and O–H groups in total. The SMILES string of the molecule is COc1ccc(CCNC(=O)C(C)(C)n2nc(-c3ccc4c(c3)OCO4)ccc2=O)cc1OC. The second kappa shape index (κ2) is 9.46. The molecule has 1 aliphatic heterocycles.